The number of nitrogens with zero attached hydrogens (tertiary/aromatic N) is 2. The van der Waals surface area contributed by atoms with Crippen molar-refractivity contribution in [3.63, 3.8) is 0 Å². The number of benzene rings is 1. The highest BCUT2D eigenvalue weighted by atomic mass is 19.4. The van der Waals surface area contributed by atoms with E-state index in [9.17, 15) is 27.9 Å². The molecule has 3 atom stereocenters. The van der Waals surface area contributed by atoms with Gasteiger partial charge in [-0.25, -0.2) is 4.79 Å². The summed E-state index contributed by atoms with van der Waals surface area (Å²) in [6.07, 6.45) is -6.55. The third-order valence-electron chi connectivity index (χ3n) is 5.22. The minimum Gasteiger partial charge on any atom is -0.465 e. The number of carbonyl (C=O) groups is 2. The molecule has 0 bridgehead atoms. The van der Waals surface area contributed by atoms with Gasteiger partial charge in [-0.1, -0.05) is 30.3 Å². The highest BCUT2D eigenvalue weighted by Crippen LogP contribution is 2.37. The summed E-state index contributed by atoms with van der Waals surface area (Å²) in [5.74, 6) is -0.831. The number of piperidine rings is 1. The SMILES string of the molecule is C[C@@H]1[C@H](c2ccccc2)C[C@H](N(C(=O)O)C(C)(C)C)C(=O)N1CCC(F)(F)F. The first-order valence-corrected chi connectivity index (χ1v) is 9.27. The highest BCUT2D eigenvalue weighted by Gasteiger charge is 2.47. The minimum absolute atomic E-state index is 0.232. The molecule has 8 heteroatoms. The second-order valence-corrected chi connectivity index (χ2v) is 8.23. The first-order valence-electron chi connectivity index (χ1n) is 9.27. The molecule has 1 heterocycles. The van der Waals surface area contributed by atoms with Gasteiger partial charge in [0.15, 0.2) is 0 Å². The van der Waals surface area contributed by atoms with Crippen LogP contribution in [0.3, 0.4) is 0 Å². The maximum Gasteiger partial charge on any atom is 0.408 e. The van der Waals surface area contributed by atoms with Crippen LogP contribution in [0.2, 0.25) is 0 Å². The van der Waals surface area contributed by atoms with E-state index in [4.69, 9.17) is 0 Å². The lowest BCUT2D eigenvalue weighted by molar-refractivity contribution is -0.156. The van der Waals surface area contributed by atoms with Gasteiger partial charge < -0.3 is 10.0 Å². The number of amides is 2. The molecule has 28 heavy (non-hydrogen) atoms. The molecule has 1 aromatic rings. The molecule has 2 rings (SSSR count). The molecule has 0 aliphatic carbocycles. The molecule has 1 aliphatic rings. The Kier molecular flexibility index (Phi) is 6.31. The number of hydrogen-bond acceptors (Lipinski definition) is 2. The summed E-state index contributed by atoms with van der Waals surface area (Å²) in [4.78, 5) is 27.3. The second-order valence-electron chi connectivity index (χ2n) is 8.23. The fourth-order valence-electron chi connectivity index (χ4n) is 3.93. The summed E-state index contributed by atoms with van der Waals surface area (Å²) >= 11 is 0. The number of likely N-dealkylation sites (tertiary alicyclic amines) is 1. The van der Waals surface area contributed by atoms with Gasteiger partial charge in [-0.15, -0.1) is 0 Å². The van der Waals surface area contributed by atoms with Gasteiger partial charge in [-0.3, -0.25) is 9.69 Å². The fourth-order valence-corrected chi connectivity index (χ4v) is 3.93. The van der Waals surface area contributed by atoms with Gasteiger partial charge in [0, 0.05) is 24.0 Å². The quantitative estimate of drug-likeness (QED) is 0.810. The van der Waals surface area contributed by atoms with E-state index in [-0.39, 0.29) is 12.3 Å². The third-order valence-corrected chi connectivity index (χ3v) is 5.22. The van der Waals surface area contributed by atoms with Crippen molar-refractivity contribution < 1.29 is 27.9 Å². The molecule has 0 radical (unpaired) electrons. The number of carbonyl (C=O) groups excluding carboxylic acids is 1. The predicted octanol–water partition coefficient (Wildman–Crippen LogP) is 4.49. The van der Waals surface area contributed by atoms with Crippen LogP contribution in [-0.4, -0.2) is 57.3 Å². The number of hydrogen-bond donors (Lipinski definition) is 1. The van der Waals surface area contributed by atoms with Crippen LogP contribution in [0.25, 0.3) is 0 Å². The molecule has 0 aromatic heterocycles. The largest absolute Gasteiger partial charge is 0.465 e. The number of rotatable bonds is 4. The van der Waals surface area contributed by atoms with Gasteiger partial charge in [0.1, 0.15) is 6.04 Å². The molecule has 1 aliphatic heterocycles. The van der Waals surface area contributed by atoms with E-state index >= 15 is 0 Å². The van der Waals surface area contributed by atoms with Crippen molar-refractivity contribution in [2.24, 2.45) is 0 Å². The van der Waals surface area contributed by atoms with Crippen molar-refractivity contribution in [2.75, 3.05) is 6.54 Å². The van der Waals surface area contributed by atoms with Crippen molar-refractivity contribution in [2.45, 2.75) is 70.3 Å². The van der Waals surface area contributed by atoms with Crippen LogP contribution in [0.5, 0.6) is 0 Å². The van der Waals surface area contributed by atoms with E-state index in [1.807, 2.05) is 30.3 Å². The summed E-state index contributed by atoms with van der Waals surface area (Å²) in [5.41, 5.74) is 0.00712. The Morgan fingerprint density at radius 3 is 2.25 bits per heavy atom. The Morgan fingerprint density at radius 2 is 1.79 bits per heavy atom. The normalized spacial score (nSPS) is 23.6. The molecule has 2 amide bonds. The first kappa shape index (κ1) is 22.0. The van der Waals surface area contributed by atoms with Crippen LogP contribution in [0.15, 0.2) is 30.3 Å². The molecule has 156 valence electrons. The monoisotopic (exact) mass is 400 g/mol. The molecule has 5 nitrogen and oxygen atoms in total. The lowest BCUT2D eigenvalue weighted by Gasteiger charge is -2.48. The van der Waals surface area contributed by atoms with E-state index in [0.29, 0.717) is 0 Å². The molecule has 1 aromatic carbocycles. The minimum atomic E-state index is -4.40. The van der Waals surface area contributed by atoms with Crippen molar-refractivity contribution in [1.29, 1.82) is 0 Å². The van der Waals surface area contributed by atoms with Crippen molar-refractivity contribution in [3.8, 4) is 0 Å². The van der Waals surface area contributed by atoms with Gasteiger partial charge in [0.05, 0.1) is 6.42 Å². The van der Waals surface area contributed by atoms with Crippen molar-refractivity contribution in [3.05, 3.63) is 35.9 Å². The van der Waals surface area contributed by atoms with Gasteiger partial charge >= 0.3 is 12.3 Å². The van der Waals surface area contributed by atoms with Crippen LogP contribution >= 0.6 is 0 Å². The summed E-state index contributed by atoms with van der Waals surface area (Å²) in [6, 6.07) is 7.70. The number of alkyl halides is 3. The lowest BCUT2D eigenvalue weighted by Crippen LogP contribution is -2.63. The first-order chi connectivity index (χ1) is 12.8. The van der Waals surface area contributed by atoms with Crippen LogP contribution in [0.4, 0.5) is 18.0 Å². The topological polar surface area (TPSA) is 60.9 Å². The smallest absolute Gasteiger partial charge is 0.408 e. The fraction of sp³-hybridized carbons (Fsp3) is 0.600. The number of carboxylic acid groups (broad SMARTS) is 1. The van der Waals surface area contributed by atoms with E-state index < -0.39 is 48.8 Å². The van der Waals surface area contributed by atoms with Gasteiger partial charge in [-0.05, 0) is 39.7 Å². The van der Waals surface area contributed by atoms with Crippen LogP contribution in [0.1, 0.15) is 52.0 Å². The van der Waals surface area contributed by atoms with Gasteiger partial charge in [-0.2, -0.15) is 13.2 Å². The average molecular weight is 400 g/mol. The van der Waals surface area contributed by atoms with Crippen LogP contribution in [-0.2, 0) is 4.79 Å². The Morgan fingerprint density at radius 1 is 1.21 bits per heavy atom. The highest BCUT2D eigenvalue weighted by molar-refractivity contribution is 5.87. The lowest BCUT2D eigenvalue weighted by atomic mass is 9.80. The van der Waals surface area contributed by atoms with Crippen LogP contribution < -0.4 is 0 Å². The van der Waals surface area contributed by atoms with E-state index in [0.717, 1.165) is 10.5 Å². The zero-order chi connectivity index (χ0) is 21.3. The van der Waals surface area contributed by atoms with Gasteiger partial charge in [0.25, 0.3) is 0 Å². The standard InChI is InChI=1S/C20H27F3N2O3/c1-13-15(14-8-6-5-7-9-14)12-16(25(18(27)28)19(2,3)4)17(26)24(13)11-10-20(21,22)23/h5-9,13,15-16H,10-12H2,1-4H3,(H,27,28)/t13-,15-,16+/m1/s1. The molecule has 0 spiro atoms. The maximum atomic E-state index is 13.1. The molecule has 0 saturated carbocycles. The molecule has 1 fully saturated rings. The Bertz CT molecular complexity index is 701. The third kappa shape index (κ3) is 4.97. The van der Waals surface area contributed by atoms with Crippen molar-refractivity contribution >= 4 is 12.0 Å². The zero-order valence-corrected chi connectivity index (χ0v) is 16.5. The van der Waals surface area contributed by atoms with E-state index in [1.54, 1.807) is 27.7 Å². The number of halogens is 3. The molecule has 0 unspecified atom stereocenters. The summed E-state index contributed by atoms with van der Waals surface area (Å²) < 4.78 is 38.4. The Balaban J connectivity index is 2.44. The summed E-state index contributed by atoms with van der Waals surface area (Å²) in [6.45, 7) is 6.25. The molecule has 1 saturated heterocycles. The molecular formula is C20H27F3N2O3. The van der Waals surface area contributed by atoms with E-state index in [1.165, 1.54) is 4.90 Å². The Labute approximate surface area is 163 Å². The molecular weight excluding hydrogens is 373 g/mol. The molecule has 1 N–H and O–H groups in total. The van der Waals surface area contributed by atoms with Crippen LogP contribution in [0, 0.1) is 0 Å². The average Bonchev–Trinajstić information content (AvgIpc) is 2.55. The van der Waals surface area contributed by atoms with Gasteiger partial charge in [0.2, 0.25) is 5.91 Å². The zero-order valence-electron chi connectivity index (χ0n) is 16.5. The van der Waals surface area contributed by atoms with Crippen molar-refractivity contribution in [1.82, 2.24) is 9.80 Å². The Hall–Kier alpha value is -2.25. The second kappa shape index (κ2) is 8.01. The van der Waals surface area contributed by atoms with E-state index in [2.05, 4.69) is 0 Å². The predicted molar refractivity (Wildman–Crippen MR) is 99.1 cm³/mol. The summed E-state index contributed by atoms with van der Waals surface area (Å²) in [5, 5.41) is 9.72. The summed E-state index contributed by atoms with van der Waals surface area (Å²) in [7, 11) is 0. The maximum absolute atomic E-state index is 13.1.